The van der Waals surface area contributed by atoms with Crippen molar-refractivity contribution in [1.82, 2.24) is 4.90 Å². The third kappa shape index (κ3) is 3.99. The highest BCUT2D eigenvalue weighted by Crippen LogP contribution is 2.18. The second-order valence-electron chi connectivity index (χ2n) is 3.84. The van der Waals surface area contributed by atoms with Crippen molar-refractivity contribution < 1.29 is 18.8 Å². The van der Waals surface area contributed by atoms with Gasteiger partial charge in [-0.2, -0.15) is 0 Å². The molecule has 0 aliphatic carbocycles. The lowest BCUT2D eigenvalue weighted by Gasteiger charge is -2.17. The molecule has 0 unspecified atom stereocenters. The number of carbonyl (C=O) groups excluding carboxylic acids is 1. The van der Waals surface area contributed by atoms with Crippen molar-refractivity contribution in [1.29, 1.82) is 0 Å². The summed E-state index contributed by atoms with van der Waals surface area (Å²) in [4.78, 5) is 23.1. The van der Waals surface area contributed by atoms with Gasteiger partial charge in [0.05, 0.1) is 17.1 Å². The number of non-ortho nitro benzene ring substituents is 1. The van der Waals surface area contributed by atoms with Gasteiger partial charge in [-0.25, -0.2) is 4.39 Å². The van der Waals surface area contributed by atoms with Gasteiger partial charge in [-0.3, -0.25) is 14.9 Å². The topological polar surface area (TPSA) is 72.7 Å². The summed E-state index contributed by atoms with van der Waals surface area (Å²) >= 11 is 0. The predicted molar refractivity (Wildman–Crippen MR) is 66.5 cm³/mol. The van der Waals surface area contributed by atoms with Crippen LogP contribution in [0.15, 0.2) is 18.2 Å². The minimum absolute atomic E-state index is 0.287. The summed E-state index contributed by atoms with van der Waals surface area (Å²) in [6.45, 7) is 2.96. The molecule has 0 aliphatic rings. The Kier molecular flexibility index (Phi) is 5.37. The zero-order valence-corrected chi connectivity index (χ0v) is 10.8. The molecule has 1 rings (SSSR count). The van der Waals surface area contributed by atoms with E-state index in [1.54, 1.807) is 0 Å². The number of nitrogens with zero attached hydrogens (tertiary/aromatic N) is 2. The molecule has 104 valence electrons. The molecule has 1 aromatic rings. The molecule has 0 saturated heterocycles. The van der Waals surface area contributed by atoms with Crippen LogP contribution in [-0.2, 0) is 4.74 Å². The summed E-state index contributed by atoms with van der Waals surface area (Å²) in [5.41, 5.74) is -0.629. The second-order valence-corrected chi connectivity index (χ2v) is 3.84. The van der Waals surface area contributed by atoms with Crippen LogP contribution in [0, 0.1) is 15.9 Å². The van der Waals surface area contributed by atoms with Crippen molar-refractivity contribution in [3.8, 4) is 0 Å². The van der Waals surface area contributed by atoms with Gasteiger partial charge in [0, 0.05) is 32.3 Å². The van der Waals surface area contributed by atoms with Crippen molar-refractivity contribution in [2.75, 3.05) is 26.8 Å². The van der Waals surface area contributed by atoms with Crippen molar-refractivity contribution >= 4 is 11.6 Å². The Morgan fingerprint density at radius 1 is 1.53 bits per heavy atom. The second kappa shape index (κ2) is 6.79. The van der Waals surface area contributed by atoms with E-state index in [-0.39, 0.29) is 17.8 Å². The lowest BCUT2D eigenvalue weighted by atomic mass is 10.1. The highest BCUT2D eigenvalue weighted by atomic mass is 19.1. The smallest absolute Gasteiger partial charge is 0.270 e. The van der Waals surface area contributed by atoms with Gasteiger partial charge in [-0.1, -0.05) is 0 Å². The summed E-state index contributed by atoms with van der Waals surface area (Å²) in [5, 5.41) is 10.6. The normalized spacial score (nSPS) is 10.3. The fourth-order valence-electron chi connectivity index (χ4n) is 1.44. The minimum atomic E-state index is -0.779. The van der Waals surface area contributed by atoms with E-state index in [1.165, 1.54) is 11.9 Å². The molecule has 1 aromatic carbocycles. The number of amides is 1. The number of likely N-dealkylation sites (N-methyl/N-ethyl adjacent to an activating group) is 1. The van der Waals surface area contributed by atoms with Gasteiger partial charge < -0.3 is 9.64 Å². The number of ether oxygens (including phenoxy) is 1. The van der Waals surface area contributed by atoms with Gasteiger partial charge in [0.1, 0.15) is 5.82 Å². The van der Waals surface area contributed by atoms with Gasteiger partial charge in [-0.15, -0.1) is 0 Å². The molecule has 0 aliphatic heterocycles. The minimum Gasteiger partial charge on any atom is -0.380 e. The third-order valence-corrected chi connectivity index (χ3v) is 2.51. The first kappa shape index (κ1) is 15.0. The molecule has 0 heterocycles. The zero-order valence-electron chi connectivity index (χ0n) is 10.8. The molecule has 1 amide bonds. The average Bonchev–Trinajstić information content (AvgIpc) is 2.38. The monoisotopic (exact) mass is 270 g/mol. The van der Waals surface area contributed by atoms with Crippen molar-refractivity contribution in [3.63, 3.8) is 0 Å². The number of hydrogen-bond acceptors (Lipinski definition) is 4. The van der Waals surface area contributed by atoms with Crippen LogP contribution in [-0.4, -0.2) is 42.5 Å². The lowest BCUT2D eigenvalue weighted by molar-refractivity contribution is -0.384. The number of carbonyl (C=O) groups is 1. The highest BCUT2D eigenvalue weighted by Gasteiger charge is 2.19. The summed E-state index contributed by atoms with van der Waals surface area (Å²) in [6.07, 6.45) is 0. The van der Waals surface area contributed by atoms with Crippen molar-refractivity contribution in [2.24, 2.45) is 0 Å². The fraction of sp³-hybridized carbons (Fsp3) is 0.417. The van der Waals surface area contributed by atoms with Crippen molar-refractivity contribution in [2.45, 2.75) is 6.92 Å². The molecule has 0 atom stereocenters. The summed E-state index contributed by atoms with van der Waals surface area (Å²) < 4.78 is 18.6. The van der Waals surface area contributed by atoms with E-state index in [2.05, 4.69) is 0 Å². The number of benzene rings is 1. The van der Waals surface area contributed by atoms with Crippen LogP contribution in [0.2, 0.25) is 0 Å². The van der Waals surface area contributed by atoms with Gasteiger partial charge in [0.2, 0.25) is 0 Å². The molecule has 19 heavy (non-hydrogen) atoms. The fourth-order valence-corrected chi connectivity index (χ4v) is 1.44. The molecule has 0 aromatic heterocycles. The molecule has 7 heteroatoms. The Morgan fingerprint density at radius 3 is 2.79 bits per heavy atom. The van der Waals surface area contributed by atoms with Crippen LogP contribution in [0.3, 0.4) is 0 Å². The Hall–Kier alpha value is -2.02. The predicted octanol–water partition coefficient (Wildman–Crippen LogP) is 1.84. The van der Waals surface area contributed by atoms with Gasteiger partial charge in [-0.05, 0) is 13.0 Å². The first-order valence-corrected chi connectivity index (χ1v) is 5.74. The van der Waals surface area contributed by atoms with E-state index in [4.69, 9.17) is 4.74 Å². The molecule has 0 bridgehead atoms. The first-order chi connectivity index (χ1) is 8.97. The van der Waals surface area contributed by atoms with Crippen LogP contribution >= 0.6 is 0 Å². The van der Waals surface area contributed by atoms with E-state index in [0.29, 0.717) is 13.2 Å². The molecular formula is C12H15FN2O4. The number of nitro groups is 1. The Bertz CT molecular complexity index is 479. The van der Waals surface area contributed by atoms with E-state index in [0.717, 1.165) is 18.2 Å². The number of halogens is 1. The standard InChI is InChI=1S/C12H15FN2O4/c1-3-19-7-6-14(2)12(16)10-8-9(15(17)18)4-5-11(10)13/h4-5,8H,3,6-7H2,1-2H3. The third-order valence-electron chi connectivity index (χ3n) is 2.51. The van der Waals surface area contributed by atoms with E-state index < -0.39 is 16.6 Å². The molecule has 0 fully saturated rings. The first-order valence-electron chi connectivity index (χ1n) is 5.74. The zero-order chi connectivity index (χ0) is 14.4. The maximum atomic E-state index is 13.5. The molecule has 0 saturated carbocycles. The number of rotatable bonds is 6. The molecule has 0 N–H and O–H groups in total. The van der Waals surface area contributed by atoms with Crippen molar-refractivity contribution in [3.05, 3.63) is 39.7 Å². The van der Waals surface area contributed by atoms with Gasteiger partial charge in [0.15, 0.2) is 0 Å². The van der Waals surface area contributed by atoms with E-state index in [9.17, 15) is 19.3 Å². The van der Waals surface area contributed by atoms with Crippen LogP contribution in [0.25, 0.3) is 0 Å². The highest BCUT2D eigenvalue weighted by molar-refractivity contribution is 5.95. The summed E-state index contributed by atoms with van der Waals surface area (Å²) in [5.74, 6) is -1.39. The maximum Gasteiger partial charge on any atom is 0.270 e. The molecular weight excluding hydrogens is 255 g/mol. The largest absolute Gasteiger partial charge is 0.380 e. The molecule has 0 spiro atoms. The van der Waals surface area contributed by atoms with Gasteiger partial charge >= 0.3 is 0 Å². The maximum absolute atomic E-state index is 13.5. The number of nitro benzene ring substituents is 1. The SMILES string of the molecule is CCOCCN(C)C(=O)c1cc([N+](=O)[O-])ccc1F. The quantitative estimate of drug-likeness (QED) is 0.449. The Balaban J connectivity index is 2.86. The summed E-state index contributed by atoms with van der Waals surface area (Å²) in [6, 6.07) is 2.88. The number of hydrogen-bond donors (Lipinski definition) is 0. The van der Waals surface area contributed by atoms with E-state index >= 15 is 0 Å². The van der Waals surface area contributed by atoms with Crippen LogP contribution in [0.5, 0.6) is 0 Å². The van der Waals surface area contributed by atoms with Crippen LogP contribution < -0.4 is 0 Å². The summed E-state index contributed by atoms with van der Waals surface area (Å²) in [7, 11) is 1.49. The molecule has 0 radical (unpaired) electrons. The van der Waals surface area contributed by atoms with Crippen LogP contribution in [0.4, 0.5) is 10.1 Å². The van der Waals surface area contributed by atoms with Crippen LogP contribution in [0.1, 0.15) is 17.3 Å². The van der Waals surface area contributed by atoms with Gasteiger partial charge in [0.25, 0.3) is 11.6 Å². The molecule has 6 nitrogen and oxygen atoms in total. The van der Waals surface area contributed by atoms with E-state index in [1.807, 2.05) is 6.92 Å². The average molecular weight is 270 g/mol. The Morgan fingerprint density at radius 2 is 2.21 bits per heavy atom. The Labute approximate surface area is 109 Å². The lowest BCUT2D eigenvalue weighted by Crippen LogP contribution is -2.30.